The van der Waals surface area contributed by atoms with Crippen LogP contribution in [0.2, 0.25) is 0 Å². The first kappa shape index (κ1) is 14.8. The van der Waals surface area contributed by atoms with E-state index >= 15 is 0 Å². The van der Waals surface area contributed by atoms with E-state index in [4.69, 9.17) is 0 Å². The highest BCUT2D eigenvalue weighted by atomic mass is 16.2. The fraction of sp³-hybridized carbons (Fsp3) is 0.667. The van der Waals surface area contributed by atoms with Gasteiger partial charge in [-0.15, -0.1) is 0 Å². The number of likely N-dealkylation sites (tertiary alicyclic amines) is 1. The van der Waals surface area contributed by atoms with E-state index in [2.05, 4.69) is 36.1 Å². The number of nitrogens with one attached hydrogen (secondary N) is 1. The Balaban J connectivity index is 2.04. The van der Waals surface area contributed by atoms with Crippen LogP contribution in [0.15, 0.2) is 12.4 Å². The lowest BCUT2D eigenvalue weighted by Gasteiger charge is -2.32. The first-order valence-electron chi connectivity index (χ1n) is 7.21. The molecule has 0 aliphatic carbocycles. The zero-order valence-electron chi connectivity index (χ0n) is 12.8. The van der Waals surface area contributed by atoms with Crippen molar-refractivity contribution in [2.24, 2.45) is 0 Å². The average molecular weight is 276 g/mol. The highest BCUT2D eigenvalue weighted by Gasteiger charge is 2.22. The van der Waals surface area contributed by atoms with Gasteiger partial charge in [0.1, 0.15) is 12.1 Å². The third-order valence-corrected chi connectivity index (χ3v) is 3.65. The van der Waals surface area contributed by atoms with Crippen molar-refractivity contribution in [3.8, 4) is 0 Å². The molecule has 0 spiro atoms. The van der Waals surface area contributed by atoms with E-state index in [0.29, 0.717) is 0 Å². The second-order valence-electron chi connectivity index (χ2n) is 6.49. The van der Waals surface area contributed by atoms with Crippen LogP contribution in [0, 0.1) is 0 Å². The van der Waals surface area contributed by atoms with E-state index in [9.17, 15) is 4.79 Å². The third kappa shape index (κ3) is 3.68. The predicted octanol–water partition coefficient (Wildman–Crippen LogP) is 2.20. The molecule has 1 amide bonds. The normalized spacial score (nSPS) is 19.8. The maximum atomic E-state index is 11.5. The van der Waals surface area contributed by atoms with Gasteiger partial charge in [0.15, 0.2) is 0 Å². The van der Waals surface area contributed by atoms with Crippen LogP contribution in [0.25, 0.3) is 0 Å². The summed E-state index contributed by atoms with van der Waals surface area (Å²) in [6.45, 7) is 9.66. The highest BCUT2D eigenvalue weighted by molar-refractivity contribution is 5.73. The van der Waals surface area contributed by atoms with Gasteiger partial charge >= 0.3 is 0 Å². The summed E-state index contributed by atoms with van der Waals surface area (Å²) < 4.78 is 0. The van der Waals surface area contributed by atoms with E-state index < -0.39 is 0 Å². The molecule has 5 heteroatoms. The van der Waals surface area contributed by atoms with Crippen molar-refractivity contribution in [3.05, 3.63) is 18.1 Å². The van der Waals surface area contributed by atoms with Gasteiger partial charge in [0.2, 0.25) is 5.91 Å². The average Bonchev–Trinajstić information content (AvgIpc) is 2.38. The van der Waals surface area contributed by atoms with Gasteiger partial charge < -0.3 is 10.2 Å². The van der Waals surface area contributed by atoms with Gasteiger partial charge in [-0.2, -0.15) is 0 Å². The summed E-state index contributed by atoms with van der Waals surface area (Å²) in [6.07, 6.45) is 3.71. The number of anilines is 1. The minimum Gasteiger partial charge on any atom is -0.365 e. The van der Waals surface area contributed by atoms with Crippen LogP contribution in [0.4, 0.5) is 5.82 Å². The van der Waals surface area contributed by atoms with E-state index in [-0.39, 0.29) is 17.4 Å². The van der Waals surface area contributed by atoms with Crippen LogP contribution < -0.4 is 5.32 Å². The number of carbonyl (C=O) groups is 1. The molecule has 1 saturated heterocycles. The van der Waals surface area contributed by atoms with Crippen molar-refractivity contribution in [1.82, 2.24) is 14.9 Å². The van der Waals surface area contributed by atoms with E-state index in [0.717, 1.165) is 37.4 Å². The Labute approximate surface area is 120 Å². The van der Waals surface area contributed by atoms with Crippen LogP contribution in [-0.2, 0) is 10.2 Å². The Hall–Kier alpha value is -1.65. The fourth-order valence-corrected chi connectivity index (χ4v) is 2.44. The molecule has 1 aliphatic rings. The van der Waals surface area contributed by atoms with Crippen molar-refractivity contribution in [1.29, 1.82) is 0 Å². The Bertz CT molecular complexity index is 481. The van der Waals surface area contributed by atoms with Crippen molar-refractivity contribution in [2.75, 3.05) is 18.4 Å². The van der Waals surface area contributed by atoms with E-state index in [1.165, 1.54) is 0 Å². The number of carbonyl (C=O) groups excluding carboxylic acids is 1. The second kappa shape index (κ2) is 5.77. The molecule has 0 bridgehead atoms. The molecule has 1 atom stereocenters. The lowest BCUT2D eigenvalue weighted by Crippen LogP contribution is -2.44. The van der Waals surface area contributed by atoms with Gasteiger partial charge in [-0.1, -0.05) is 20.8 Å². The van der Waals surface area contributed by atoms with Crippen LogP contribution in [0.1, 0.15) is 46.2 Å². The minimum atomic E-state index is 0.0113. The van der Waals surface area contributed by atoms with Crippen LogP contribution in [0.5, 0.6) is 0 Å². The molecule has 2 rings (SSSR count). The summed E-state index contributed by atoms with van der Waals surface area (Å²) in [5.74, 6) is 0.995. The Morgan fingerprint density at radius 2 is 2.15 bits per heavy atom. The number of nitrogens with zero attached hydrogens (tertiary/aromatic N) is 3. The lowest BCUT2D eigenvalue weighted by atomic mass is 9.92. The predicted molar refractivity (Wildman–Crippen MR) is 79.6 cm³/mol. The maximum absolute atomic E-state index is 11.5. The molecule has 2 heterocycles. The number of rotatable bonds is 2. The highest BCUT2D eigenvalue weighted by Crippen LogP contribution is 2.22. The van der Waals surface area contributed by atoms with Gasteiger partial charge in [0, 0.05) is 37.5 Å². The molecule has 5 nitrogen and oxygen atoms in total. The van der Waals surface area contributed by atoms with Crippen molar-refractivity contribution < 1.29 is 4.79 Å². The molecule has 1 aromatic rings. The fourth-order valence-electron chi connectivity index (χ4n) is 2.44. The second-order valence-corrected chi connectivity index (χ2v) is 6.49. The summed E-state index contributed by atoms with van der Waals surface area (Å²) >= 11 is 0. The van der Waals surface area contributed by atoms with Crippen molar-refractivity contribution in [3.63, 3.8) is 0 Å². The maximum Gasteiger partial charge on any atom is 0.219 e. The molecule has 1 aromatic heterocycles. The molecular weight excluding hydrogens is 252 g/mol. The molecule has 110 valence electrons. The van der Waals surface area contributed by atoms with E-state index in [1.807, 2.05) is 11.0 Å². The summed E-state index contributed by atoms with van der Waals surface area (Å²) in [5.41, 5.74) is 1.03. The number of hydrogen-bond donors (Lipinski definition) is 1. The van der Waals surface area contributed by atoms with Gasteiger partial charge in [0.25, 0.3) is 0 Å². The molecule has 0 aromatic carbocycles. The van der Waals surface area contributed by atoms with Gasteiger partial charge in [-0.05, 0) is 12.8 Å². The summed E-state index contributed by atoms with van der Waals surface area (Å²) in [7, 11) is 0. The molecule has 0 radical (unpaired) electrons. The van der Waals surface area contributed by atoms with E-state index in [1.54, 1.807) is 13.3 Å². The Morgan fingerprint density at radius 1 is 1.40 bits per heavy atom. The molecule has 0 saturated carbocycles. The quantitative estimate of drug-likeness (QED) is 0.899. The summed E-state index contributed by atoms with van der Waals surface area (Å²) in [6, 6.07) is 2.28. The van der Waals surface area contributed by atoms with Crippen LogP contribution in [-0.4, -0.2) is 39.9 Å². The number of amides is 1. The number of aromatic nitrogens is 2. The number of hydrogen-bond acceptors (Lipinski definition) is 4. The van der Waals surface area contributed by atoms with Gasteiger partial charge in [-0.25, -0.2) is 9.97 Å². The Morgan fingerprint density at radius 3 is 2.80 bits per heavy atom. The van der Waals surface area contributed by atoms with Gasteiger partial charge in [-0.3, -0.25) is 4.79 Å². The monoisotopic (exact) mass is 276 g/mol. The van der Waals surface area contributed by atoms with Crippen LogP contribution >= 0.6 is 0 Å². The van der Waals surface area contributed by atoms with Crippen molar-refractivity contribution in [2.45, 2.75) is 52.0 Å². The topological polar surface area (TPSA) is 58.1 Å². The van der Waals surface area contributed by atoms with Crippen LogP contribution in [0.3, 0.4) is 0 Å². The smallest absolute Gasteiger partial charge is 0.219 e. The largest absolute Gasteiger partial charge is 0.365 e. The lowest BCUT2D eigenvalue weighted by molar-refractivity contribution is -0.129. The zero-order valence-corrected chi connectivity index (χ0v) is 12.8. The molecule has 1 aliphatic heterocycles. The minimum absolute atomic E-state index is 0.0113. The zero-order chi connectivity index (χ0) is 14.8. The molecule has 20 heavy (non-hydrogen) atoms. The molecule has 1 fully saturated rings. The standard InChI is InChI=1S/C15H24N4O/c1-11(20)19-7-5-6-12(9-19)18-14-8-13(15(2,3)4)16-10-17-14/h8,10,12H,5-7,9H2,1-4H3,(H,16,17,18)/t12-/m0/s1. The first-order chi connectivity index (χ1) is 9.36. The summed E-state index contributed by atoms with van der Waals surface area (Å²) in [4.78, 5) is 22.0. The Kier molecular flexibility index (Phi) is 4.26. The molecule has 0 unspecified atom stereocenters. The SMILES string of the molecule is CC(=O)N1CCC[C@H](Nc2cc(C(C)(C)C)ncn2)C1. The molecular formula is C15H24N4O. The van der Waals surface area contributed by atoms with Crippen molar-refractivity contribution >= 4 is 11.7 Å². The first-order valence-corrected chi connectivity index (χ1v) is 7.21. The molecule has 1 N–H and O–H groups in total. The van der Waals surface area contributed by atoms with Gasteiger partial charge in [0.05, 0.1) is 5.69 Å². The number of piperidine rings is 1. The third-order valence-electron chi connectivity index (χ3n) is 3.65. The summed E-state index contributed by atoms with van der Waals surface area (Å²) in [5, 5.41) is 3.43.